The molecule has 0 aliphatic carbocycles. The van der Waals surface area contributed by atoms with E-state index >= 15 is 0 Å². The summed E-state index contributed by atoms with van der Waals surface area (Å²) in [6.45, 7) is 0. The van der Waals surface area contributed by atoms with Crippen molar-refractivity contribution >= 4 is 5.69 Å². The van der Waals surface area contributed by atoms with Crippen molar-refractivity contribution in [3.05, 3.63) is 40.2 Å². The molecule has 0 radical (unpaired) electrons. The number of nitro benzene ring substituents is 1. The van der Waals surface area contributed by atoms with Gasteiger partial charge in [0.2, 0.25) is 0 Å². The molecule has 0 unspecified atom stereocenters. The summed E-state index contributed by atoms with van der Waals surface area (Å²) in [5.74, 6) is 0.444. The molecule has 78 valence electrons. The standard InChI is InChI=1S/C9H5N5O2/c10-5-8-11-9(13-12-8)6-1-3-7(4-2-6)14(15)16/h1-4H,(H,11,12,13). The summed E-state index contributed by atoms with van der Waals surface area (Å²) in [4.78, 5) is 13.8. The zero-order valence-electron chi connectivity index (χ0n) is 7.91. The average Bonchev–Trinajstić information content (AvgIpc) is 2.77. The van der Waals surface area contributed by atoms with Gasteiger partial charge in [-0.2, -0.15) is 10.2 Å². The first-order valence-corrected chi connectivity index (χ1v) is 4.28. The normalized spacial score (nSPS) is 9.69. The van der Waals surface area contributed by atoms with Gasteiger partial charge in [0.25, 0.3) is 11.5 Å². The van der Waals surface area contributed by atoms with Crippen LogP contribution in [0.1, 0.15) is 5.82 Å². The number of H-pyrrole nitrogens is 1. The van der Waals surface area contributed by atoms with Gasteiger partial charge in [0.15, 0.2) is 5.82 Å². The highest BCUT2D eigenvalue weighted by molar-refractivity contribution is 5.57. The van der Waals surface area contributed by atoms with Gasteiger partial charge in [0, 0.05) is 17.7 Å². The number of rotatable bonds is 2. The smallest absolute Gasteiger partial charge is 0.258 e. The maximum absolute atomic E-state index is 10.4. The Morgan fingerprint density at radius 1 is 1.38 bits per heavy atom. The van der Waals surface area contributed by atoms with E-state index in [1.54, 1.807) is 18.2 Å². The van der Waals surface area contributed by atoms with Gasteiger partial charge >= 0.3 is 0 Å². The fourth-order valence-electron chi connectivity index (χ4n) is 1.18. The van der Waals surface area contributed by atoms with Crippen LogP contribution in [0.4, 0.5) is 5.69 Å². The number of nitrogens with one attached hydrogen (secondary N) is 1. The van der Waals surface area contributed by atoms with Crippen LogP contribution in [0.3, 0.4) is 0 Å². The third-order valence-corrected chi connectivity index (χ3v) is 1.94. The van der Waals surface area contributed by atoms with Crippen LogP contribution in [0, 0.1) is 21.4 Å². The van der Waals surface area contributed by atoms with E-state index in [0.29, 0.717) is 11.4 Å². The Balaban J connectivity index is 2.35. The summed E-state index contributed by atoms with van der Waals surface area (Å²) in [7, 11) is 0. The number of nitriles is 1. The minimum absolute atomic E-state index is 0.00349. The van der Waals surface area contributed by atoms with Gasteiger partial charge in [-0.1, -0.05) is 0 Å². The van der Waals surface area contributed by atoms with Gasteiger partial charge in [-0.25, -0.2) is 0 Å². The van der Waals surface area contributed by atoms with E-state index in [1.807, 2.05) is 0 Å². The number of nitro groups is 1. The Morgan fingerprint density at radius 2 is 2.06 bits per heavy atom. The molecule has 7 heteroatoms. The van der Waals surface area contributed by atoms with Crippen molar-refractivity contribution in [1.29, 1.82) is 5.26 Å². The van der Waals surface area contributed by atoms with Gasteiger partial charge in [0.1, 0.15) is 6.07 Å². The zero-order valence-corrected chi connectivity index (χ0v) is 7.91. The second kappa shape index (κ2) is 3.78. The van der Waals surface area contributed by atoms with Gasteiger partial charge in [-0.05, 0) is 12.1 Å². The van der Waals surface area contributed by atoms with Crippen LogP contribution in [-0.2, 0) is 0 Å². The Hall–Kier alpha value is -2.75. The minimum Gasteiger partial charge on any atom is -0.258 e. The van der Waals surface area contributed by atoms with Crippen molar-refractivity contribution in [2.45, 2.75) is 0 Å². The average molecular weight is 215 g/mol. The van der Waals surface area contributed by atoms with Crippen LogP contribution in [0.25, 0.3) is 11.4 Å². The molecule has 0 aliphatic rings. The summed E-state index contributed by atoms with van der Waals surface area (Å²) in [5.41, 5.74) is 0.642. The molecule has 1 aromatic carbocycles. The van der Waals surface area contributed by atoms with Crippen molar-refractivity contribution in [1.82, 2.24) is 15.2 Å². The van der Waals surface area contributed by atoms with E-state index in [2.05, 4.69) is 15.2 Å². The number of benzene rings is 1. The highest BCUT2D eigenvalue weighted by atomic mass is 16.6. The lowest BCUT2D eigenvalue weighted by atomic mass is 10.2. The topological polar surface area (TPSA) is 108 Å². The molecular weight excluding hydrogens is 210 g/mol. The van der Waals surface area contributed by atoms with E-state index < -0.39 is 4.92 Å². The van der Waals surface area contributed by atoms with Crippen molar-refractivity contribution in [3.8, 4) is 17.5 Å². The maximum Gasteiger partial charge on any atom is 0.269 e. The third-order valence-electron chi connectivity index (χ3n) is 1.94. The summed E-state index contributed by atoms with van der Waals surface area (Å²) >= 11 is 0. The Morgan fingerprint density at radius 3 is 2.56 bits per heavy atom. The van der Waals surface area contributed by atoms with E-state index in [4.69, 9.17) is 5.26 Å². The van der Waals surface area contributed by atoms with Gasteiger partial charge < -0.3 is 0 Å². The van der Waals surface area contributed by atoms with Gasteiger partial charge in [-0.15, -0.1) is 5.10 Å². The molecule has 0 aliphatic heterocycles. The molecule has 0 spiro atoms. The molecular formula is C9H5N5O2. The molecule has 1 aromatic heterocycles. The number of aromatic amines is 1. The van der Waals surface area contributed by atoms with Crippen LogP contribution in [-0.4, -0.2) is 20.1 Å². The molecule has 2 rings (SSSR count). The molecule has 0 fully saturated rings. The first kappa shape index (κ1) is 9.79. The molecule has 1 heterocycles. The predicted molar refractivity (Wildman–Crippen MR) is 53.2 cm³/mol. The van der Waals surface area contributed by atoms with Crippen molar-refractivity contribution < 1.29 is 4.92 Å². The van der Waals surface area contributed by atoms with Crippen LogP contribution >= 0.6 is 0 Å². The zero-order chi connectivity index (χ0) is 11.5. The SMILES string of the molecule is N#Cc1n[nH]c(-c2ccc([N+](=O)[O-])cc2)n1. The van der Waals surface area contributed by atoms with Crippen LogP contribution in [0.15, 0.2) is 24.3 Å². The van der Waals surface area contributed by atoms with Gasteiger partial charge in [0.05, 0.1) is 4.92 Å². The number of nitrogens with zero attached hydrogens (tertiary/aromatic N) is 4. The van der Waals surface area contributed by atoms with Crippen molar-refractivity contribution in [3.63, 3.8) is 0 Å². The quantitative estimate of drug-likeness (QED) is 0.598. The van der Waals surface area contributed by atoms with Crippen molar-refractivity contribution in [2.75, 3.05) is 0 Å². The molecule has 7 nitrogen and oxygen atoms in total. The van der Waals surface area contributed by atoms with Crippen LogP contribution in [0.2, 0.25) is 0 Å². The van der Waals surface area contributed by atoms with E-state index in [1.165, 1.54) is 12.1 Å². The van der Waals surface area contributed by atoms with Gasteiger partial charge in [-0.3, -0.25) is 15.2 Å². The van der Waals surface area contributed by atoms with Crippen LogP contribution in [0.5, 0.6) is 0 Å². The first-order valence-electron chi connectivity index (χ1n) is 4.28. The molecule has 2 aromatic rings. The van der Waals surface area contributed by atoms with E-state index in [0.717, 1.165) is 0 Å². The van der Waals surface area contributed by atoms with Crippen LogP contribution < -0.4 is 0 Å². The Bertz CT molecular complexity index is 566. The molecule has 0 bridgehead atoms. The lowest BCUT2D eigenvalue weighted by Gasteiger charge is -1.94. The molecule has 0 amide bonds. The summed E-state index contributed by atoms with van der Waals surface area (Å²) in [6, 6.07) is 7.60. The Kier molecular flexibility index (Phi) is 2.31. The first-order chi connectivity index (χ1) is 7.70. The fourth-order valence-corrected chi connectivity index (χ4v) is 1.18. The molecule has 1 N–H and O–H groups in total. The molecule has 0 atom stereocenters. The Labute approximate surface area is 89.5 Å². The lowest BCUT2D eigenvalue weighted by molar-refractivity contribution is -0.384. The number of hydrogen-bond acceptors (Lipinski definition) is 5. The minimum atomic E-state index is -0.481. The molecule has 0 saturated heterocycles. The summed E-state index contributed by atoms with van der Waals surface area (Å²) in [5, 5.41) is 25.2. The third kappa shape index (κ3) is 1.72. The second-order valence-electron chi connectivity index (χ2n) is 2.92. The molecule has 0 saturated carbocycles. The maximum atomic E-state index is 10.4. The van der Waals surface area contributed by atoms with Crippen molar-refractivity contribution in [2.24, 2.45) is 0 Å². The molecule has 16 heavy (non-hydrogen) atoms. The highest BCUT2D eigenvalue weighted by Gasteiger charge is 2.08. The number of hydrogen-bond donors (Lipinski definition) is 1. The summed E-state index contributed by atoms with van der Waals surface area (Å²) in [6.07, 6.45) is 0. The van der Waals surface area contributed by atoms with E-state index in [9.17, 15) is 10.1 Å². The number of non-ortho nitro benzene ring substituents is 1. The monoisotopic (exact) mass is 215 g/mol. The second-order valence-corrected chi connectivity index (χ2v) is 2.92. The summed E-state index contributed by atoms with van der Waals surface area (Å²) < 4.78 is 0. The highest BCUT2D eigenvalue weighted by Crippen LogP contribution is 2.18. The fraction of sp³-hybridized carbons (Fsp3) is 0. The predicted octanol–water partition coefficient (Wildman–Crippen LogP) is 1.25. The largest absolute Gasteiger partial charge is 0.269 e. The number of aromatic nitrogens is 3. The lowest BCUT2D eigenvalue weighted by Crippen LogP contribution is -1.87. The van der Waals surface area contributed by atoms with E-state index in [-0.39, 0.29) is 11.5 Å².